The van der Waals surface area contributed by atoms with Gasteiger partial charge in [-0.1, -0.05) is 42.0 Å². The molecule has 1 N–H and O–H groups in total. The van der Waals surface area contributed by atoms with Crippen molar-refractivity contribution in [2.45, 2.75) is 64.2 Å². The number of nitrogens with zero attached hydrogens (tertiary/aromatic N) is 2. The second kappa shape index (κ2) is 11.1. The van der Waals surface area contributed by atoms with Crippen molar-refractivity contribution in [3.8, 4) is 17.1 Å². The standard InChI is InChI=1S/C33H34ClN3O4/c1-33(2,3)41-32(38)36-22-11-13-23(14-12-22)39-24-18-25-26(29-17-21-9-5-6-10-28(21)40-29)20-35-31(30(25)27(34)19-24)37-15-7-4-8-16-37/h4-10,15,17-20,22-23H,11-14,16H2,1-3H3,(H,36,38). The van der Waals surface area contributed by atoms with E-state index < -0.39 is 5.60 Å². The third-order valence-corrected chi connectivity index (χ3v) is 7.67. The van der Waals surface area contributed by atoms with Crippen LogP contribution >= 0.6 is 11.6 Å². The number of benzene rings is 2. The molecule has 1 aliphatic carbocycles. The van der Waals surface area contributed by atoms with Crippen molar-refractivity contribution in [1.82, 2.24) is 10.3 Å². The number of anilines is 1. The average Bonchev–Trinajstić information content (AvgIpc) is 3.37. The van der Waals surface area contributed by atoms with E-state index in [1.165, 1.54) is 0 Å². The first-order valence-corrected chi connectivity index (χ1v) is 14.5. The number of carbonyl (C=O) groups excluding carboxylic acids is 1. The number of furan rings is 1. The zero-order valence-electron chi connectivity index (χ0n) is 23.5. The van der Waals surface area contributed by atoms with Gasteiger partial charge in [0.2, 0.25) is 0 Å². The topological polar surface area (TPSA) is 76.8 Å². The summed E-state index contributed by atoms with van der Waals surface area (Å²) in [6.07, 6.45) is 12.9. The molecule has 0 unspecified atom stereocenters. The quantitative estimate of drug-likeness (QED) is 0.259. The van der Waals surface area contributed by atoms with Gasteiger partial charge in [0.25, 0.3) is 0 Å². The normalized spacial score (nSPS) is 19.1. The van der Waals surface area contributed by atoms with Crippen LogP contribution in [0.4, 0.5) is 10.6 Å². The van der Waals surface area contributed by atoms with Gasteiger partial charge in [0.15, 0.2) is 0 Å². The lowest BCUT2D eigenvalue weighted by Gasteiger charge is -2.30. The second-order valence-corrected chi connectivity index (χ2v) is 12.0. The fraction of sp³-hybridized carbons (Fsp3) is 0.333. The molecule has 2 aliphatic rings. The van der Waals surface area contributed by atoms with E-state index in [0.29, 0.717) is 17.3 Å². The van der Waals surface area contributed by atoms with Crippen LogP contribution in [0.5, 0.6) is 5.75 Å². The lowest BCUT2D eigenvalue weighted by atomic mass is 9.93. The first kappa shape index (κ1) is 27.2. The minimum absolute atomic E-state index is 0.0197. The van der Waals surface area contributed by atoms with E-state index in [1.54, 1.807) is 0 Å². The molecule has 2 aromatic heterocycles. The lowest BCUT2D eigenvalue weighted by molar-refractivity contribution is 0.0471. The number of aromatic nitrogens is 1. The van der Waals surface area contributed by atoms with Gasteiger partial charge < -0.3 is 24.1 Å². The highest BCUT2D eigenvalue weighted by Gasteiger charge is 2.27. The number of carbonyl (C=O) groups is 1. The summed E-state index contributed by atoms with van der Waals surface area (Å²) in [6.45, 7) is 6.30. The van der Waals surface area contributed by atoms with E-state index in [1.807, 2.05) is 87.8 Å². The van der Waals surface area contributed by atoms with Crippen molar-refractivity contribution < 1.29 is 18.7 Å². The van der Waals surface area contributed by atoms with Crippen LogP contribution in [0.2, 0.25) is 5.02 Å². The van der Waals surface area contributed by atoms with Crippen LogP contribution in [0.1, 0.15) is 46.5 Å². The Morgan fingerprint density at radius 2 is 1.90 bits per heavy atom. The zero-order valence-corrected chi connectivity index (χ0v) is 24.3. The van der Waals surface area contributed by atoms with Crippen molar-refractivity contribution in [1.29, 1.82) is 0 Å². The highest BCUT2D eigenvalue weighted by Crippen LogP contribution is 2.42. The number of rotatable bonds is 5. The van der Waals surface area contributed by atoms with Crippen LogP contribution in [0.25, 0.3) is 33.1 Å². The molecule has 0 saturated heterocycles. The second-order valence-electron chi connectivity index (χ2n) is 11.6. The fourth-order valence-electron chi connectivity index (χ4n) is 5.49. The number of allylic oxidation sites excluding steroid dienone is 2. The Bertz CT molecular complexity index is 1610. The van der Waals surface area contributed by atoms with Crippen LogP contribution in [-0.4, -0.2) is 35.4 Å². The summed E-state index contributed by atoms with van der Waals surface area (Å²) in [4.78, 5) is 19.1. The molecule has 1 fully saturated rings. The molecule has 1 amide bonds. The van der Waals surface area contributed by atoms with E-state index >= 15 is 0 Å². The maximum atomic E-state index is 12.2. The summed E-state index contributed by atoms with van der Waals surface area (Å²) >= 11 is 6.99. The molecule has 1 saturated carbocycles. The first-order valence-electron chi connectivity index (χ1n) is 14.1. The molecule has 41 heavy (non-hydrogen) atoms. The van der Waals surface area contributed by atoms with Gasteiger partial charge in [-0.25, -0.2) is 9.78 Å². The average molecular weight is 572 g/mol. The molecule has 0 atom stereocenters. The van der Waals surface area contributed by atoms with Crippen LogP contribution in [-0.2, 0) is 4.74 Å². The van der Waals surface area contributed by atoms with E-state index in [9.17, 15) is 4.79 Å². The minimum Gasteiger partial charge on any atom is -0.490 e. The predicted octanol–water partition coefficient (Wildman–Crippen LogP) is 8.41. The van der Waals surface area contributed by atoms with Crippen molar-refractivity contribution in [3.05, 3.63) is 78.1 Å². The summed E-state index contributed by atoms with van der Waals surface area (Å²) in [7, 11) is 0. The minimum atomic E-state index is -0.517. The summed E-state index contributed by atoms with van der Waals surface area (Å²) < 4.78 is 18.2. The van der Waals surface area contributed by atoms with Crippen molar-refractivity contribution in [2.75, 3.05) is 11.4 Å². The predicted molar refractivity (Wildman–Crippen MR) is 164 cm³/mol. The van der Waals surface area contributed by atoms with Gasteiger partial charge in [-0.15, -0.1) is 0 Å². The highest BCUT2D eigenvalue weighted by atomic mass is 35.5. The number of pyridine rings is 1. The van der Waals surface area contributed by atoms with E-state index in [2.05, 4.69) is 16.3 Å². The lowest BCUT2D eigenvalue weighted by Crippen LogP contribution is -2.42. The molecule has 3 heterocycles. The van der Waals surface area contributed by atoms with Crippen molar-refractivity contribution >= 4 is 45.3 Å². The molecule has 7 nitrogen and oxygen atoms in total. The molecule has 212 valence electrons. The summed E-state index contributed by atoms with van der Waals surface area (Å²) in [5.41, 5.74) is 1.16. The number of hydrogen-bond acceptors (Lipinski definition) is 6. The molecule has 6 rings (SSSR count). The summed E-state index contributed by atoms with van der Waals surface area (Å²) in [6, 6.07) is 14.0. The number of fused-ring (bicyclic) bond motifs is 2. The number of nitrogens with one attached hydrogen (secondary N) is 1. The molecule has 0 bridgehead atoms. The zero-order chi connectivity index (χ0) is 28.6. The smallest absolute Gasteiger partial charge is 0.407 e. The Labute approximate surface area is 244 Å². The van der Waals surface area contributed by atoms with E-state index in [-0.39, 0.29) is 18.2 Å². The van der Waals surface area contributed by atoms with Crippen LogP contribution < -0.4 is 15.0 Å². The van der Waals surface area contributed by atoms with Crippen LogP contribution in [0.3, 0.4) is 0 Å². The van der Waals surface area contributed by atoms with Crippen LogP contribution in [0.15, 0.2) is 77.5 Å². The van der Waals surface area contributed by atoms with E-state index in [0.717, 1.165) is 64.6 Å². The third-order valence-electron chi connectivity index (χ3n) is 7.37. The Morgan fingerprint density at radius 1 is 1.10 bits per heavy atom. The third kappa shape index (κ3) is 6.05. The van der Waals surface area contributed by atoms with Crippen molar-refractivity contribution in [2.24, 2.45) is 0 Å². The maximum absolute atomic E-state index is 12.2. The highest BCUT2D eigenvalue weighted by molar-refractivity contribution is 6.37. The Hall–Kier alpha value is -3.97. The van der Waals surface area contributed by atoms with E-state index in [4.69, 9.17) is 30.5 Å². The Morgan fingerprint density at radius 3 is 2.63 bits per heavy atom. The summed E-state index contributed by atoms with van der Waals surface area (Å²) in [5.74, 6) is 2.21. The molecule has 8 heteroatoms. The summed E-state index contributed by atoms with van der Waals surface area (Å²) in [5, 5.41) is 6.36. The Kier molecular flexibility index (Phi) is 7.39. The number of amides is 1. The largest absolute Gasteiger partial charge is 0.490 e. The molecule has 1 aliphatic heterocycles. The van der Waals surface area contributed by atoms with Gasteiger partial charge >= 0.3 is 6.09 Å². The van der Waals surface area contributed by atoms with Crippen molar-refractivity contribution in [3.63, 3.8) is 0 Å². The van der Waals surface area contributed by atoms with Gasteiger partial charge in [-0.3, -0.25) is 0 Å². The van der Waals surface area contributed by atoms with Gasteiger partial charge in [0.05, 0.1) is 11.1 Å². The number of ether oxygens (including phenoxy) is 2. The Balaban J connectivity index is 1.28. The number of halogens is 1. The number of para-hydroxylation sites is 1. The number of alkyl carbamates (subject to hydrolysis) is 1. The molecule has 0 spiro atoms. The molecular formula is C33H34ClN3O4. The first-order chi connectivity index (χ1) is 19.7. The maximum Gasteiger partial charge on any atom is 0.407 e. The van der Waals surface area contributed by atoms with Gasteiger partial charge in [-0.05, 0) is 76.8 Å². The number of hydrogen-bond donors (Lipinski definition) is 1. The molecular weight excluding hydrogens is 538 g/mol. The SMILES string of the molecule is CC(C)(C)OC(=O)NC1CCC(Oc2cc(Cl)c3c(N4C=CC=CC4)ncc(-c4cc5ccccc5o4)c3c2)CC1. The molecule has 0 radical (unpaired) electrons. The molecule has 4 aromatic rings. The fourth-order valence-corrected chi connectivity index (χ4v) is 5.79. The van der Waals surface area contributed by atoms with Crippen LogP contribution in [0, 0.1) is 0 Å². The van der Waals surface area contributed by atoms with Gasteiger partial charge in [-0.2, -0.15) is 0 Å². The monoisotopic (exact) mass is 571 g/mol. The molecule has 2 aromatic carbocycles. The van der Waals surface area contributed by atoms with Gasteiger partial charge in [0.1, 0.15) is 28.5 Å². The van der Waals surface area contributed by atoms with Gasteiger partial charge in [0, 0.05) is 46.7 Å².